The lowest BCUT2D eigenvalue weighted by atomic mass is 9.90. The molecule has 4 N–H and O–H groups in total. The van der Waals surface area contributed by atoms with E-state index in [1.54, 1.807) is 13.8 Å². The second-order valence-corrected chi connectivity index (χ2v) is 4.99. The van der Waals surface area contributed by atoms with Crippen molar-refractivity contribution in [2.45, 2.75) is 20.3 Å². The molecule has 0 saturated heterocycles. The molecule has 0 unspecified atom stereocenters. The fourth-order valence-electron chi connectivity index (χ4n) is 1.36. The molecule has 0 bridgehead atoms. The van der Waals surface area contributed by atoms with Crippen LogP contribution in [0.1, 0.15) is 41.1 Å². The van der Waals surface area contributed by atoms with E-state index in [0.717, 1.165) is 0 Å². The zero-order valence-electron chi connectivity index (χ0n) is 11.3. The quantitative estimate of drug-likeness (QED) is 0.696. The number of carbonyl (C=O) groups is 3. The topological polar surface area (TPSA) is 122 Å². The molecule has 0 aliphatic rings. The predicted molar refractivity (Wildman–Crippen MR) is 71.1 cm³/mol. The highest BCUT2D eigenvalue weighted by Gasteiger charge is 2.26. The largest absolute Gasteiger partial charge is 0.481 e. The number of primary amides is 1. The van der Waals surface area contributed by atoms with E-state index >= 15 is 0 Å². The highest BCUT2D eigenvalue weighted by atomic mass is 16.4. The molecule has 0 atom stereocenters. The van der Waals surface area contributed by atoms with Crippen molar-refractivity contribution < 1.29 is 19.5 Å². The molecule has 0 radical (unpaired) electrons. The van der Waals surface area contributed by atoms with Crippen LogP contribution in [0.4, 0.5) is 0 Å². The molecule has 0 fully saturated rings. The molecule has 0 aliphatic carbocycles. The number of aliphatic carboxylic acids is 1. The Labute approximate surface area is 116 Å². The Kier molecular flexibility index (Phi) is 4.79. The normalized spacial score (nSPS) is 10.9. The van der Waals surface area contributed by atoms with E-state index in [1.165, 1.54) is 18.3 Å². The molecule has 1 aromatic heterocycles. The molecular formula is C13H17N3O4. The van der Waals surface area contributed by atoms with Crippen molar-refractivity contribution in [3.8, 4) is 0 Å². The van der Waals surface area contributed by atoms with Gasteiger partial charge >= 0.3 is 5.97 Å². The molecule has 1 aromatic rings. The van der Waals surface area contributed by atoms with Gasteiger partial charge in [0.05, 0.1) is 11.0 Å². The number of pyridine rings is 1. The van der Waals surface area contributed by atoms with Gasteiger partial charge in [0.1, 0.15) is 5.69 Å². The first-order valence-electron chi connectivity index (χ1n) is 6.01. The second-order valence-electron chi connectivity index (χ2n) is 4.99. The summed E-state index contributed by atoms with van der Waals surface area (Å²) in [5.41, 5.74) is 4.51. The van der Waals surface area contributed by atoms with Crippen LogP contribution in [0.5, 0.6) is 0 Å². The van der Waals surface area contributed by atoms with E-state index in [2.05, 4.69) is 10.3 Å². The third kappa shape index (κ3) is 4.04. The van der Waals surface area contributed by atoms with Crippen molar-refractivity contribution in [1.82, 2.24) is 10.3 Å². The number of carboxylic acids is 1. The summed E-state index contributed by atoms with van der Waals surface area (Å²) in [6.45, 7) is 3.39. The molecule has 108 valence electrons. The smallest absolute Gasteiger partial charge is 0.309 e. The number of rotatable bonds is 6. The van der Waals surface area contributed by atoms with Crippen molar-refractivity contribution in [2.24, 2.45) is 11.1 Å². The maximum Gasteiger partial charge on any atom is 0.309 e. The number of hydrogen-bond acceptors (Lipinski definition) is 4. The van der Waals surface area contributed by atoms with Crippen LogP contribution >= 0.6 is 0 Å². The molecule has 0 spiro atoms. The van der Waals surface area contributed by atoms with E-state index in [4.69, 9.17) is 10.8 Å². The monoisotopic (exact) mass is 279 g/mol. The molecule has 1 heterocycles. The third-order valence-corrected chi connectivity index (χ3v) is 2.90. The summed E-state index contributed by atoms with van der Waals surface area (Å²) >= 11 is 0. The molecule has 1 rings (SSSR count). The van der Waals surface area contributed by atoms with E-state index < -0.39 is 23.2 Å². The number of nitrogens with one attached hydrogen (secondary N) is 1. The van der Waals surface area contributed by atoms with E-state index in [9.17, 15) is 14.4 Å². The highest BCUT2D eigenvalue weighted by Crippen LogP contribution is 2.19. The SMILES string of the molecule is CC(C)(CCNC(=O)c1ccc(C(N)=O)cn1)C(=O)O. The molecular weight excluding hydrogens is 262 g/mol. The van der Waals surface area contributed by atoms with Crippen LogP contribution in [0.25, 0.3) is 0 Å². The fourth-order valence-corrected chi connectivity index (χ4v) is 1.36. The molecule has 7 nitrogen and oxygen atoms in total. The number of carboxylic acid groups (broad SMARTS) is 1. The van der Waals surface area contributed by atoms with E-state index in [0.29, 0.717) is 6.42 Å². The number of carbonyl (C=O) groups excluding carboxylic acids is 2. The van der Waals surface area contributed by atoms with Gasteiger partial charge in [-0.2, -0.15) is 0 Å². The van der Waals surface area contributed by atoms with Crippen LogP contribution in [-0.4, -0.2) is 34.4 Å². The Morgan fingerprint density at radius 1 is 1.35 bits per heavy atom. The minimum atomic E-state index is -0.921. The Balaban J connectivity index is 2.55. The maximum atomic E-state index is 11.7. The number of nitrogens with two attached hydrogens (primary N) is 1. The van der Waals surface area contributed by atoms with Gasteiger partial charge in [0.2, 0.25) is 5.91 Å². The van der Waals surface area contributed by atoms with Crippen molar-refractivity contribution in [1.29, 1.82) is 0 Å². The minimum Gasteiger partial charge on any atom is -0.481 e. The minimum absolute atomic E-state index is 0.142. The first-order valence-corrected chi connectivity index (χ1v) is 6.01. The molecule has 7 heteroatoms. The zero-order valence-corrected chi connectivity index (χ0v) is 11.3. The zero-order chi connectivity index (χ0) is 15.3. The summed E-state index contributed by atoms with van der Waals surface area (Å²) in [7, 11) is 0. The van der Waals surface area contributed by atoms with E-state index in [-0.39, 0.29) is 17.8 Å². The molecule has 20 heavy (non-hydrogen) atoms. The first-order chi connectivity index (χ1) is 9.24. The lowest BCUT2D eigenvalue weighted by Crippen LogP contribution is -2.32. The Bertz CT molecular complexity index is 523. The van der Waals surface area contributed by atoms with Gasteiger partial charge < -0.3 is 16.2 Å². The van der Waals surface area contributed by atoms with Gasteiger partial charge in [-0.05, 0) is 32.4 Å². The van der Waals surface area contributed by atoms with Crippen molar-refractivity contribution >= 4 is 17.8 Å². The van der Waals surface area contributed by atoms with E-state index in [1.807, 2.05) is 0 Å². The van der Waals surface area contributed by atoms with Gasteiger partial charge in [-0.3, -0.25) is 19.4 Å². The summed E-state index contributed by atoms with van der Waals surface area (Å²) < 4.78 is 0. The van der Waals surface area contributed by atoms with Crippen LogP contribution in [0.2, 0.25) is 0 Å². The van der Waals surface area contributed by atoms with Gasteiger partial charge in [-0.1, -0.05) is 0 Å². The average Bonchev–Trinajstić information content (AvgIpc) is 2.38. The summed E-state index contributed by atoms with van der Waals surface area (Å²) in [6.07, 6.45) is 1.52. The van der Waals surface area contributed by atoms with Gasteiger partial charge in [-0.15, -0.1) is 0 Å². The maximum absolute atomic E-state index is 11.7. The molecule has 0 aliphatic heterocycles. The molecule has 2 amide bonds. The summed E-state index contributed by atoms with van der Waals surface area (Å²) in [5.74, 6) is -1.97. The third-order valence-electron chi connectivity index (χ3n) is 2.90. The summed E-state index contributed by atoms with van der Waals surface area (Å²) in [4.78, 5) is 37.3. The van der Waals surface area contributed by atoms with Crippen LogP contribution in [-0.2, 0) is 4.79 Å². The fraction of sp³-hybridized carbons (Fsp3) is 0.385. The van der Waals surface area contributed by atoms with Gasteiger partial charge in [0.15, 0.2) is 0 Å². The predicted octanol–water partition coefficient (Wildman–Crippen LogP) is 0.411. The number of aromatic nitrogens is 1. The Morgan fingerprint density at radius 2 is 2.00 bits per heavy atom. The van der Waals surface area contributed by atoms with Crippen molar-refractivity contribution in [2.75, 3.05) is 6.54 Å². The number of hydrogen-bond donors (Lipinski definition) is 3. The van der Waals surface area contributed by atoms with Gasteiger partial charge in [0.25, 0.3) is 5.91 Å². The number of nitrogens with zero attached hydrogens (tertiary/aromatic N) is 1. The lowest BCUT2D eigenvalue weighted by molar-refractivity contribution is -0.147. The highest BCUT2D eigenvalue weighted by molar-refractivity contribution is 5.95. The first kappa shape index (κ1) is 15.6. The average molecular weight is 279 g/mol. The molecule has 0 saturated carbocycles. The number of amides is 2. The summed E-state index contributed by atoms with van der Waals surface area (Å²) in [5, 5.41) is 11.5. The summed E-state index contributed by atoms with van der Waals surface area (Å²) in [6, 6.07) is 2.79. The molecule has 0 aromatic carbocycles. The van der Waals surface area contributed by atoms with Crippen LogP contribution in [0.15, 0.2) is 18.3 Å². The Morgan fingerprint density at radius 3 is 2.45 bits per heavy atom. The van der Waals surface area contributed by atoms with Crippen molar-refractivity contribution in [3.05, 3.63) is 29.6 Å². The van der Waals surface area contributed by atoms with Crippen molar-refractivity contribution in [3.63, 3.8) is 0 Å². The van der Waals surface area contributed by atoms with Gasteiger partial charge in [-0.25, -0.2) is 0 Å². The van der Waals surface area contributed by atoms with Gasteiger partial charge in [0, 0.05) is 12.7 Å². The second kappa shape index (κ2) is 6.14. The van der Waals surface area contributed by atoms with Crippen LogP contribution in [0, 0.1) is 5.41 Å². The Hall–Kier alpha value is -2.44. The van der Waals surface area contributed by atoms with Crippen LogP contribution in [0.3, 0.4) is 0 Å². The standard InChI is InChI=1S/C13H17N3O4/c1-13(2,12(19)20)5-6-15-11(18)9-4-3-8(7-16-9)10(14)17/h3-4,7H,5-6H2,1-2H3,(H2,14,17)(H,15,18)(H,19,20). The lowest BCUT2D eigenvalue weighted by Gasteiger charge is -2.18. The van der Waals surface area contributed by atoms with Crippen LogP contribution < -0.4 is 11.1 Å².